The van der Waals surface area contributed by atoms with Gasteiger partial charge in [0.15, 0.2) is 5.92 Å². The van der Waals surface area contributed by atoms with E-state index in [0.717, 1.165) is 27.7 Å². The number of aryl methyl sites for hydroxylation is 1. The molecule has 0 bridgehead atoms. The van der Waals surface area contributed by atoms with Crippen LogP contribution in [0.1, 0.15) is 30.9 Å². The average Bonchev–Trinajstić information content (AvgIpc) is 3.02. The second-order valence-corrected chi connectivity index (χ2v) is 6.27. The Bertz CT molecular complexity index is 955. The number of carbonyl (C=O) groups is 2. The van der Waals surface area contributed by atoms with Gasteiger partial charge in [0.05, 0.1) is 18.9 Å². The van der Waals surface area contributed by atoms with Crippen molar-refractivity contribution in [3.8, 4) is 11.3 Å². The van der Waals surface area contributed by atoms with E-state index in [4.69, 9.17) is 9.47 Å². The number of aromatic amines is 1. The number of aromatic nitrogens is 1. The highest BCUT2D eigenvalue weighted by molar-refractivity contribution is 6.07. The number of H-pyrrole nitrogens is 1. The predicted molar refractivity (Wildman–Crippen MR) is 104 cm³/mol. The lowest BCUT2D eigenvalue weighted by Gasteiger charge is -2.16. The number of benzene rings is 2. The van der Waals surface area contributed by atoms with Gasteiger partial charge < -0.3 is 14.5 Å². The molecule has 0 fully saturated rings. The summed E-state index contributed by atoms with van der Waals surface area (Å²) in [5.41, 5.74) is 4.16. The molecule has 0 saturated heterocycles. The Labute approximate surface area is 158 Å². The second kappa shape index (κ2) is 8.08. The van der Waals surface area contributed by atoms with E-state index in [0.29, 0.717) is 5.56 Å². The van der Waals surface area contributed by atoms with Gasteiger partial charge in [-0.1, -0.05) is 42.0 Å². The molecule has 1 aromatic heterocycles. The fourth-order valence-electron chi connectivity index (χ4n) is 3.27. The Morgan fingerprint density at radius 2 is 1.63 bits per heavy atom. The first-order chi connectivity index (χ1) is 13.1. The minimum Gasteiger partial charge on any atom is -0.465 e. The summed E-state index contributed by atoms with van der Waals surface area (Å²) < 4.78 is 10.4. The summed E-state index contributed by atoms with van der Waals surface area (Å²) >= 11 is 0. The Hall–Kier alpha value is -3.08. The molecule has 2 aromatic carbocycles. The van der Waals surface area contributed by atoms with Crippen LogP contribution < -0.4 is 0 Å². The molecule has 0 aliphatic heterocycles. The monoisotopic (exact) mass is 365 g/mol. The lowest BCUT2D eigenvalue weighted by molar-refractivity contribution is -0.156. The van der Waals surface area contributed by atoms with Crippen LogP contribution in [0.5, 0.6) is 0 Å². The molecular weight excluding hydrogens is 342 g/mol. The maximum atomic E-state index is 12.7. The highest BCUT2D eigenvalue weighted by atomic mass is 16.6. The molecule has 0 radical (unpaired) electrons. The summed E-state index contributed by atoms with van der Waals surface area (Å²) in [4.78, 5) is 28.8. The molecule has 0 saturated carbocycles. The summed E-state index contributed by atoms with van der Waals surface area (Å²) in [6, 6.07) is 15.5. The Morgan fingerprint density at radius 1 is 0.963 bits per heavy atom. The maximum absolute atomic E-state index is 12.7. The van der Waals surface area contributed by atoms with Crippen molar-refractivity contribution in [2.24, 2.45) is 0 Å². The molecule has 5 nitrogen and oxygen atoms in total. The Balaban J connectivity index is 2.27. The Morgan fingerprint density at radius 3 is 2.26 bits per heavy atom. The second-order valence-electron chi connectivity index (χ2n) is 6.27. The molecule has 1 heterocycles. The van der Waals surface area contributed by atoms with Crippen LogP contribution in [0, 0.1) is 6.92 Å². The molecule has 140 valence electrons. The van der Waals surface area contributed by atoms with Gasteiger partial charge >= 0.3 is 11.9 Å². The van der Waals surface area contributed by atoms with E-state index in [1.54, 1.807) is 13.8 Å². The van der Waals surface area contributed by atoms with Gasteiger partial charge in [-0.2, -0.15) is 0 Å². The summed E-state index contributed by atoms with van der Waals surface area (Å²) in [6.07, 6.45) is 0. The SMILES string of the molecule is CCOC(=O)C(C(=O)OCC)c1c(-c2cccc(C)c2)[nH]c2ccccc12. The van der Waals surface area contributed by atoms with Crippen LogP contribution in [0.25, 0.3) is 22.2 Å². The molecule has 3 rings (SSSR count). The summed E-state index contributed by atoms with van der Waals surface area (Å²) in [7, 11) is 0. The van der Waals surface area contributed by atoms with E-state index in [-0.39, 0.29) is 13.2 Å². The largest absolute Gasteiger partial charge is 0.465 e. The van der Waals surface area contributed by atoms with Crippen LogP contribution in [-0.4, -0.2) is 30.1 Å². The van der Waals surface area contributed by atoms with Crippen LogP contribution in [-0.2, 0) is 19.1 Å². The van der Waals surface area contributed by atoms with Crippen LogP contribution in [0.4, 0.5) is 0 Å². The van der Waals surface area contributed by atoms with Gasteiger partial charge in [-0.25, -0.2) is 0 Å². The minimum absolute atomic E-state index is 0.191. The number of hydrogen-bond acceptors (Lipinski definition) is 4. The van der Waals surface area contributed by atoms with Crippen LogP contribution in [0.2, 0.25) is 0 Å². The lowest BCUT2D eigenvalue weighted by Crippen LogP contribution is -2.26. The topological polar surface area (TPSA) is 68.4 Å². The van der Waals surface area contributed by atoms with Crippen molar-refractivity contribution in [1.82, 2.24) is 4.98 Å². The number of esters is 2. The van der Waals surface area contributed by atoms with Crippen molar-refractivity contribution in [3.63, 3.8) is 0 Å². The minimum atomic E-state index is -1.14. The third-order valence-electron chi connectivity index (χ3n) is 4.39. The van der Waals surface area contributed by atoms with E-state index >= 15 is 0 Å². The van der Waals surface area contributed by atoms with Crippen molar-refractivity contribution in [3.05, 3.63) is 59.7 Å². The van der Waals surface area contributed by atoms with Gasteiger partial charge in [-0.05, 0) is 38.5 Å². The first-order valence-electron chi connectivity index (χ1n) is 9.07. The van der Waals surface area contributed by atoms with E-state index in [1.807, 2.05) is 55.5 Å². The molecule has 0 unspecified atom stereocenters. The smallest absolute Gasteiger partial charge is 0.324 e. The first kappa shape index (κ1) is 18.7. The average molecular weight is 365 g/mol. The quantitative estimate of drug-likeness (QED) is 0.521. The molecule has 0 aliphatic carbocycles. The van der Waals surface area contributed by atoms with Gasteiger partial charge in [0, 0.05) is 16.5 Å². The molecule has 0 aliphatic rings. The van der Waals surface area contributed by atoms with Crippen molar-refractivity contribution in [2.75, 3.05) is 13.2 Å². The fraction of sp³-hybridized carbons (Fsp3) is 0.273. The van der Waals surface area contributed by atoms with E-state index < -0.39 is 17.9 Å². The van der Waals surface area contributed by atoms with Crippen LogP contribution in [0.3, 0.4) is 0 Å². The van der Waals surface area contributed by atoms with Crippen molar-refractivity contribution in [1.29, 1.82) is 0 Å². The normalized spacial score (nSPS) is 11.0. The number of para-hydroxylation sites is 1. The number of fused-ring (bicyclic) bond motifs is 1. The zero-order valence-corrected chi connectivity index (χ0v) is 15.7. The molecule has 0 spiro atoms. The molecule has 3 aromatic rings. The predicted octanol–water partition coefficient (Wildman–Crippen LogP) is 4.35. The summed E-state index contributed by atoms with van der Waals surface area (Å²) in [6.45, 7) is 5.82. The number of nitrogens with one attached hydrogen (secondary N) is 1. The number of carbonyl (C=O) groups excluding carboxylic acids is 2. The third-order valence-corrected chi connectivity index (χ3v) is 4.39. The highest BCUT2D eigenvalue weighted by Crippen LogP contribution is 2.37. The van der Waals surface area contributed by atoms with Crippen LogP contribution in [0.15, 0.2) is 48.5 Å². The molecule has 5 heteroatoms. The van der Waals surface area contributed by atoms with Crippen LogP contribution >= 0.6 is 0 Å². The van der Waals surface area contributed by atoms with E-state index in [9.17, 15) is 9.59 Å². The summed E-state index contributed by atoms with van der Waals surface area (Å²) in [5.74, 6) is -2.35. The molecular formula is C22H23NO4. The van der Waals surface area contributed by atoms with E-state index in [2.05, 4.69) is 4.98 Å². The highest BCUT2D eigenvalue weighted by Gasteiger charge is 2.36. The Kier molecular flexibility index (Phi) is 5.60. The fourth-order valence-corrected chi connectivity index (χ4v) is 3.27. The number of rotatable bonds is 6. The molecule has 27 heavy (non-hydrogen) atoms. The zero-order valence-electron chi connectivity index (χ0n) is 15.7. The number of hydrogen-bond donors (Lipinski definition) is 1. The summed E-state index contributed by atoms with van der Waals surface area (Å²) in [5, 5.41) is 0.806. The van der Waals surface area contributed by atoms with Gasteiger partial charge in [0.1, 0.15) is 0 Å². The molecule has 0 atom stereocenters. The number of ether oxygens (including phenoxy) is 2. The van der Waals surface area contributed by atoms with Crippen molar-refractivity contribution >= 4 is 22.8 Å². The third kappa shape index (κ3) is 3.72. The lowest BCUT2D eigenvalue weighted by atomic mass is 9.92. The van der Waals surface area contributed by atoms with Crippen molar-refractivity contribution in [2.45, 2.75) is 26.7 Å². The molecule has 0 amide bonds. The van der Waals surface area contributed by atoms with Gasteiger partial charge in [-0.15, -0.1) is 0 Å². The van der Waals surface area contributed by atoms with Gasteiger partial charge in [0.2, 0.25) is 0 Å². The van der Waals surface area contributed by atoms with Gasteiger partial charge in [-0.3, -0.25) is 9.59 Å². The van der Waals surface area contributed by atoms with E-state index in [1.165, 1.54) is 0 Å². The zero-order chi connectivity index (χ0) is 19.4. The van der Waals surface area contributed by atoms with Gasteiger partial charge in [0.25, 0.3) is 0 Å². The standard InChI is InChI=1S/C22H23NO4/c1-4-26-21(24)19(22(25)27-5-2)18-16-11-6-7-12-17(16)23-20(18)15-10-8-9-14(3)13-15/h6-13,19,23H,4-5H2,1-3H3. The molecule has 1 N–H and O–H groups in total. The maximum Gasteiger partial charge on any atom is 0.324 e. The van der Waals surface area contributed by atoms with Crippen molar-refractivity contribution < 1.29 is 19.1 Å². The first-order valence-corrected chi connectivity index (χ1v) is 9.07.